The lowest BCUT2D eigenvalue weighted by atomic mass is 10.3. The van der Waals surface area contributed by atoms with Crippen LogP contribution in [0.2, 0.25) is 0 Å². The molecule has 0 spiro atoms. The monoisotopic (exact) mass is 191 g/mol. The van der Waals surface area contributed by atoms with Crippen LogP contribution in [0.25, 0.3) is 11.0 Å². The Labute approximate surface area is 79.8 Å². The minimum absolute atomic E-state index is 0.139. The van der Waals surface area contributed by atoms with Crippen LogP contribution in [0.3, 0.4) is 0 Å². The number of hydrogen-bond acceptors (Lipinski definition) is 3. The van der Waals surface area contributed by atoms with E-state index in [2.05, 4.69) is 15.3 Å². The van der Waals surface area contributed by atoms with Gasteiger partial charge in [-0.3, -0.25) is 4.79 Å². The quantitative estimate of drug-likeness (QED) is 0.677. The summed E-state index contributed by atoms with van der Waals surface area (Å²) in [5.41, 5.74) is 1.71. The Balaban J connectivity index is 2.22. The van der Waals surface area contributed by atoms with Gasteiger partial charge in [0.15, 0.2) is 0 Å². The summed E-state index contributed by atoms with van der Waals surface area (Å²) in [5.74, 6) is -0.431. The van der Waals surface area contributed by atoms with Crippen molar-refractivity contribution in [1.82, 2.24) is 9.97 Å². The summed E-state index contributed by atoms with van der Waals surface area (Å²) in [5, 5.41) is 11.1. The van der Waals surface area contributed by atoms with E-state index >= 15 is 0 Å². The third kappa shape index (κ3) is 1.66. The Hall–Kier alpha value is -2.04. The van der Waals surface area contributed by atoms with Crippen LogP contribution < -0.4 is 5.32 Å². The van der Waals surface area contributed by atoms with Crippen molar-refractivity contribution >= 4 is 23.0 Å². The van der Waals surface area contributed by atoms with Crippen molar-refractivity contribution in [3.63, 3.8) is 0 Å². The maximum atomic E-state index is 10.3. The number of carboxylic acids is 1. The first-order valence-electron chi connectivity index (χ1n) is 4.16. The number of para-hydroxylation sites is 2. The number of hydrogen-bond donors (Lipinski definition) is 3. The summed E-state index contributed by atoms with van der Waals surface area (Å²) >= 11 is 0. The molecule has 2 rings (SSSR count). The number of aliphatic carboxylic acids is 1. The van der Waals surface area contributed by atoms with Gasteiger partial charge in [-0.15, -0.1) is 0 Å². The summed E-state index contributed by atoms with van der Waals surface area (Å²) in [6, 6.07) is 7.51. The zero-order valence-corrected chi connectivity index (χ0v) is 7.32. The molecule has 0 bridgehead atoms. The van der Waals surface area contributed by atoms with Gasteiger partial charge in [-0.2, -0.15) is 0 Å². The molecule has 2 aromatic rings. The first kappa shape index (κ1) is 8.55. The number of carbonyl (C=O) groups is 1. The Morgan fingerprint density at radius 1 is 1.50 bits per heavy atom. The molecule has 1 aromatic carbocycles. The normalized spacial score (nSPS) is 10.3. The number of nitrogens with zero attached hydrogens (tertiary/aromatic N) is 1. The minimum Gasteiger partial charge on any atom is -0.480 e. The lowest BCUT2D eigenvalue weighted by molar-refractivity contribution is -0.134. The van der Waals surface area contributed by atoms with Crippen LogP contribution in [0, 0.1) is 0 Å². The molecule has 1 aromatic heterocycles. The molecule has 0 atom stereocenters. The van der Waals surface area contributed by atoms with Gasteiger partial charge < -0.3 is 15.4 Å². The highest BCUT2D eigenvalue weighted by Gasteiger charge is 2.02. The summed E-state index contributed by atoms with van der Waals surface area (Å²) < 4.78 is 0. The second-order valence-corrected chi connectivity index (χ2v) is 2.85. The molecule has 3 N–H and O–H groups in total. The van der Waals surface area contributed by atoms with E-state index in [0.717, 1.165) is 11.0 Å². The number of carboxylic acid groups (broad SMARTS) is 1. The molecule has 5 nitrogen and oxygen atoms in total. The minimum atomic E-state index is -0.912. The van der Waals surface area contributed by atoms with Crippen molar-refractivity contribution < 1.29 is 9.90 Å². The zero-order chi connectivity index (χ0) is 9.97. The topological polar surface area (TPSA) is 78.0 Å². The molecule has 1 heterocycles. The van der Waals surface area contributed by atoms with Crippen LogP contribution in [0.15, 0.2) is 24.3 Å². The van der Waals surface area contributed by atoms with E-state index in [1.165, 1.54) is 0 Å². The second-order valence-electron chi connectivity index (χ2n) is 2.85. The standard InChI is InChI=1S/C9H9N3O2/c13-8(14)5-10-9-11-6-3-1-2-4-7(6)12-9/h1-4H,5H2,(H,13,14)(H2,10,11,12). The third-order valence-corrected chi connectivity index (χ3v) is 1.80. The molecule has 0 radical (unpaired) electrons. The van der Waals surface area contributed by atoms with E-state index in [1.54, 1.807) is 0 Å². The number of nitrogens with one attached hydrogen (secondary N) is 2. The number of benzene rings is 1. The van der Waals surface area contributed by atoms with E-state index < -0.39 is 5.97 Å². The SMILES string of the molecule is O=C(O)CNc1nc2ccccc2[nH]1. The molecule has 0 amide bonds. The summed E-state index contributed by atoms with van der Waals surface area (Å²) in [6.45, 7) is -0.139. The molecule has 5 heteroatoms. The number of aromatic nitrogens is 2. The van der Waals surface area contributed by atoms with Crippen molar-refractivity contribution in [3.05, 3.63) is 24.3 Å². The fourth-order valence-corrected chi connectivity index (χ4v) is 1.20. The van der Waals surface area contributed by atoms with E-state index in [1.807, 2.05) is 24.3 Å². The van der Waals surface area contributed by atoms with Gasteiger partial charge in [0.1, 0.15) is 6.54 Å². The zero-order valence-electron chi connectivity index (χ0n) is 7.32. The first-order chi connectivity index (χ1) is 6.75. The highest BCUT2D eigenvalue weighted by molar-refractivity contribution is 5.78. The molecule has 0 saturated heterocycles. The molecule has 0 unspecified atom stereocenters. The second kappa shape index (κ2) is 3.37. The molecule has 14 heavy (non-hydrogen) atoms. The fourth-order valence-electron chi connectivity index (χ4n) is 1.20. The lowest BCUT2D eigenvalue weighted by Crippen LogP contribution is -2.12. The number of rotatable bonds is 3. The molecule has 0 aliphatic carbocycles. The summed E-state index contributed by atoms with van der Waals surface area (Å²) in [6.07, 6.45) is 0. The molecule has 0 saturated carbocycles. The van der Waals surface area contributed by atoms with Crippen LogP contribution in [0.1, 0.15) is 0 Å². The Morgan fingerprint density at radius 2 is 2.29 bits per heavy atom. The molecule has 72 valence electrons. The maximum absolute atomic E-state index is 10.3. The van der Waals surface area contributed by atoms with Crippen molar-refractivity contribution in [3.8, 4) is 0 Å². The van der Waals surface area contributed by atoms with E-state index in [9.17, 15) is 4.79 Å². The lowest BCUT2D eigenvalue weighted by Gasteiger charge is -1.95. The molecular weight excluding hydrogens is 182 g/mol. The predicted octanol–water partition coefficient (Wildman–Crippen LogP) is 1.06. The van der Waals surface area contributed by atoms with E-state index in [4.69, 9.17) is 5.11 Å². The average molecular weight is 191 g/mol. The van der Waals surface area contributed by atoms with Crippen molar-refractivity contribution in [2.45, 2.75) is 0 Å². The Kier molecular flexibility index (Phi) is 2.06. The molecular formula is C9H9N3O2. The summed E-state index contributed by atoms with van der Waals surface area (Å²) in [7, 11) is 0. The number of fused-ring (bicyclic) bond motifs is 1. The summed E-state index contributed by atoms with van der Waals surface area (Å²) in [4.78, 5) is 17.4. The molecule has 0 fully saturated rings. The van der Waals surface area contributed by atoms with Crippen molar-refractivity contribution in [2.24, 2.45) is 0 Å². The van der Waals surface area contributed by atoms with Gasteiger partial charge in [-0.05, 0) is 12.1 Å². The highest BCUT2D eigenvalue weighted by Crippen LogP contribution is 2.12. The number of anilines is 1. The van der Waals surface area contributed by atoms with Crippen molar-refractivity contribution in [2.75, 3.05) is 11.9 Å². The fraction of sp³-hybridized carbons (Fsp3) is 0.111. The predicted molar refractivity (Wildman–Crippen MR) is 52.2 cm³/mol. The number of imidazole rings is 1. The average Bonchev–Trinajstić information content (AvgIpc) is 2.57. The van der Waals surface area contributed by atoms with E-state index in [0.29, 0.717) is 5.95 Å². The van der Waals surface area contributed by atoms with Gasteiger partial charge in [-0.1, -0.05) is 12.1 Å². The Bertz CT molecular complexity index is 431. The molecule has 0 aliphatic heterocycles. The van der Waals surface area contributed by atoms with Gasteiger partial charge in [-0.25, -0.2) is 4.98 Å². The Morgan fingerprint density at radius 3 is 3.00 bits per heavy atom. The van der Waals surface area contributed by atoms with Gasteiger partial charge in [0.25, 0.3) is 0 Å². The van der Waals surface area contributed by atoms with Crippen LogP contribution in [-0.4, -0.2) is 27.6 Å². The molecule has 0 aliphatic rings. The van der Waals surface area contributed by atoms with Crippen LogP contribution in [0.4, 0.5) is 5.95 Å². The smallest absolute Gasteiger partial charge is 0.322 e. The van der Waals surface area contributed by atoms with Crippen LogP contribution in [0.5, 0.6) is 0 Å². The van der Waals surface area contributed by atoms with Crippen LogP contribution in [-0.2, 0) is 4.79 Å². The first-order valence-corrected chi connectivity index (χ1v) is 4.16. The van der Waals surface area contributed by atoms with Gasteiger partial charge in [0, 0.05) is 0 Å². The van der Waals surface area contributed by atoms with Crippen LogP contribution >= 0.6 is 0 Å². The van der Waals surface area contributed by atoms with E-state index in [-0.39, 0.29) is 6.54 Å². The maximum Gasteiger partial charge on any atom is 0.322 e. The highest BCUT2D eigenvalue weighted by atomic mass is 16.4. The number of aromatic amines is 1. The van der Waals surface area contributed by atoms with Gasteiger partial charge in [0.2, 0.25) is 5.95 Å². The van der Waals surface area contributed by atoms with Crippen molar-refractivity contribution in [1.29, 1.82) is 0 Å². The third-order valence-electron chi connectivity index (χ3n) is 1.80. The largest absolute Gasteiger partial charge is 0.480 e. The number of H-pyrrole nitrogens is 1. The van der Waals surface area contributed by atoms with Gasteiger partial charge >= 0.3 is 5.97 Å². The van der Waals surface area contributed by atoms with Gasteiger partial charge in [0.05, 0.1) is 11.0 Å².